The van der Waals surface area contributed by atoms with Crippen LogP contribution in [0.5, 0.6) is 5.75 Å². The fourth-order valence-corrected chi connectivity index (χ4v) is 2.29. The number of esters is 2. The summed E-state index contributed by atoms with van der Waals surface area (Å²) in [6.45, 7) is 1.93. The molecule has 0 atom stereocenters. The number of hydrogen-bond acceptors (Lipinski definition) is 4. The summed E-state index contributed by atoms with van der Waals surface area (Å²) in [6.07, 6.45) is 0. The summed E-state index contributed by atoms with van der Waals surface area (Å²) in [7, 11) is 0. The van der Waals surface area contributed by atoms with Gasteiger partial charge in [0.15, 0.2) is 0 Å². The van der Waals surface area contributed by atoms with Gasteiger partial charge in [-0.15, -0.1) is 0 Å². The van der Waals surface area contributed by atoms with Crippen molar-refractivity contribution in [2.75, 3.05) is 6.61 Å². The van der Waals surface area contributed by atoms with Gasteiger partial charge >= 0.3 is 11.9 Å². The second-order valence-corrected chi connectivity index (χ2v) is 5.61. The van der Waals surface area contributed by atoms with E-state index in [2.05, 4.69) is 15.9 Å². The summed E-state index contributed by atoms with van der Waals surface area (Å²) in [4.78, 5) is 24.1. The molecule has 0 aliphatic heterocycles. The maximum atomic E-state index is 12.1. The molecule has 0 amide bonds. The monoisotopic (exact) mass is 382 g/mol. The lowest BCUT2D eigenvalue weighted by atomic mass is 10.2. The number of hydrogen-bond donors (Lipinski definition) is 0. The molecule has 2 rings (SSSR count). The summed E-state index contributed by atoms with van der Waals surface area (Å²) < 4.78 is 10.9. The van der Waals surface area contributed by atoms with Crippen molar-refractivity contribution in [1.82, 2.24) is 0 Å². The Morgan fingerprint density at radius 3 is 2.59 bits per heavy atom. The molecular formula is C16H12BrClO4. The van der Waals surface area contributed by atoms with Gasteiger partial charge in [0.05, 0.1) is 12.2 Å². The van der Waals surface area contributed by atoms with Gasteiger partial charge in [-0.3, -0.25) is 0 Å². The number of ether oxygens (including phenoxy) is 2. The molecule has 22 heavy (non-hydrogen) atoms. The van der Waals surface area contributed by atoms with Gasteiger partial charge in [0.1, 0.15) is 11.3 Å². The van der Waals surface area contributed by atoms with Gasteiger partial charge in [-0.1, -0.05) is 33.6 Å². The van der Waals surface area contributed by atoms with E-state index in [4.69, 9.17) is 21.1 Å². The smallest absolute Gasteiger partial charge is 0.343 e. The lowest BCUT2D eigenvalue weighted by Crippen LogP contribution is -2.13. The molecule has 0 aromatic heterocycles. The molecule has 4 nitrogen and oxygen atoms in total. The lowest BCUT2D eigenvalue weighted by Gasteiger charge is -2.10. The van der Waals surface area contributed by atoms with Gasteiger partial charge in [-0.25, -0.2) is 9.59 Å². The minimum Gasteiger partial charge on any atom is -0.462 e. The third-order valence-electron chi connectivity index (χ3n) is 2.70. The minimum absolute atomic E-state index is 0.131. The topological polar surface area (TPSA) is 52.6 Å². The molecule has 0 aliphatic rings. The number of carbonyl (C=O) groups excluding carboxylic acids is 2. The molecule has 0 heterocycles. The zero-order valence-electron chi connectivity index (χ0n) is 11.6. The van der Waals surface area contributed by atoms with Gasteiger partial charge in [0, 0.05) is 9.50 Å². The van der Waals surface area contributed by atoms with Crippen LogP contribution in [-0.2, 0) is 4.74 Å². The maximum absolute atomic E-state index is 12.1. The van der Waals surface area contributed by atoms with Gasteiger partial charge in [0.25, 0.3) is 0 Å². The van der Waals surface area contributed by atoms with Crippen LogP contribution in [0.2, 0.25) is 5.02 Å². The van der Waals surface area contributed by atoms with Crippen molar-refractivity contribution in [3.8, 4) is 5.75 Å². The van der Waals surface area contributed by atoms with Gasteiger partial charge in [0.2, 0.25) is 0 Å². The van der Waals surface area contributed by atoms with Gasteiger partial charge in [-0.2, -0.15) is 0 Å². The Kier molecular flexibility index (Phi) is 5.57. The van der Waals surface area contributed by atoms with Crippen LogP contribution in [0.4, 0.5) is 0 Å². The second kappa shape index (κ2) is 7.42. The van der Waals surface area contributed by atoms with Crippen LogP contribution in [0.15, 0.2) is 46.9 Å². The summed E-state index contributed by atoms with van der Waals surface area (Å²) in [5.74, 6) is -1.03. The molecule has 6 heteroatoms. The Bertz CT molecular complexity index is 715. The zero-order chi connectivity index (χ0) is 16.1. The Hall–Kier alpha value is -1.85. The molecule has 2 aromatic carbocycles. The zero-order valence-corrected chi connectivity index (χ0v) is 14.0. The van der Waals surface area contributed by atoms with E-state index >= 15 is 0 Å². The number of benzene rings is 2. The maximum Gasteiger partial charge on any atom is 0.343 e. The molecule has 0 fully saturated rings. The van der Waals surface area contributed by atoms with Crippen molar-refractivity contribution >= 4 is 39.5 Å². The summed E-state index contributed by atoms with van der Waals surface area (Å²) in [5.41, 5.74) is 0.469. The van der Waals surface area contributed by atoms with E-state index in [1.165, 1.54) is 12.1 Å². The fourth-order valence-electron chi connectivity index (χ4n) is 1.73. The molecule has 0 N–H and O–H groups in total. The quantitative estimate of drug-likeness (QED) is 0.576. The molecule has 0 saturated carbocycles. The minimum atomic E-state index is -0.602. The first-order valence-electron chi connectivity index (χ1n) is 6.45. The fraction of sp³-hybridized carbons (Fsp3) is 0.125. The van der Waals surface area contributed by atoms with Crippen molar-refractivity contribution in [3.63, 3.8) is 0 Å². The van der Waals surface area contributed by atoms with Crippen LogP contribution in [0.1, 0.15) is 27.6 Å². The van der Waals surface area contributed by atoms with E-state index in [1.807, 2.05) is 0 Å². The van der Waals surface area contributed by atoms with Crippen molar-refractivity contribution in [2.45, 2.75) is 6.92 Å². The van der Waals surface area contributed by atoms with Crippen molar-refractivity contribution in [3.05, 3.63) is 63.1 Å². The highest BCUT2D eigenvalue weighted by Gasteiger charge is 2.18. The third kappa shape index (κ3) is 4.08. The van der Waals surface area contributed by atoms with Crippen LogP contribution < -0.4 is 4.74 Å². The van der Waals surface area contributed by atoms with Crippen LogP contribution in [0.3, 0.4) is 0 Å². The molecule has 0 saturated heterocycles. The molecule has 0 bridgehead atoms. The first-order valence-corrected chi connectivity index (χ1v) is 7.62. The highest BCUT2D eigenvalue weighted by Crippen LogP contribution is 2.25. The standard InChI is InChI=1S/C16H12BrClO4/c1-2-21-16(20)13-9-11(17)6-7-14(13)22-15(19)10-4-3-5-12(18)8-10/h3-9H,2H2,1H3. The Labute approximate surface area is 141 Å². The molecule has 2 aromatic rings. The van der Waals surface area contributed by atoms with Gasteiger partial charge in [-0.05, 0) is 43.3 Å². The Morgan fingerprint density at radius 1 is 1.14 bits per heavy atom. The van der Waals surface area contributed by atoms with E-state index in [1.54, 1.807) is 37.3 Å². The average Bonchev–Trinajstić information content (AvgIpc) is 2.49. The highest BCUT2D eigenvalue weighted by atomic mass is 79.9. The number of rotatable bonds is 4. The van der Waals surface area contributed by atoms with E-state index in [0.717, 1.165) is 0 Å². The van der Waals surface area contributed by atoms with E-state index in [9.17, 15) is 9.59 Å². The van der Waals surface area contributed by atoms with Crippen molar-refractivity contribution in [1.29, 1.82) is 0 Å². The summed E-state index contributed by atoms with van der Waals surface area (Å²) in [5, 5.41) is 0.427. The van der Waals surface area contributed by atoms with E-state index in [0.29, 0.717) is 15.1 Å². The van der Waals surface area contributed by atoms with E-state index in [-0.39, 0.29) is 17.9 Å². The largest absolute Gasteiger partial charge is 0.462 e. The van der Waals surface area contributed by atoms with Gasteiger partial charge < -0.3 is 9.47 Å². The first kappa shape index (κ1) is 16.5. The predicted octanol–water partition coefficient (Wildman–Crippen LogP) is 4.50. The molecule has 0 aliphatic carbocycles. The highest BCUT2D eigenvalue weighted by molar-refractivity contribution is 9.10. The van der Waals surface area contributed by atoms with E-state index < -0.39 is 11.9 Å². The van der Waals surface area contributed by atoms with Crippen LogP contribution >= 0.6 is 27.5 Å². The SMILES string of the molecule is CCOC(=O)c1cc(Br)ccc1OC(=O)c1cccc(Cl)c1. The first-order chi connectivity index (χ1) is 10.5. The Balaban J connectivity index is 2.29. The van der Waals surface area contributed by atoms with Crippen LogP contribution in [0, 0.1) is 0 Å². The summed E-state index contributed by atoms with van der Waals surface area (Å²) in [6, 6.07) is 11.1. The van der Waals surface area contributed by atoms with Crippen molar-refractivity contribution in [2.24, 2.45) is 0 Å². The third-order valence-corrected chi connectivity index (χ3v) is 3.43. The van der Waals surface area contributed by atoms with Crippen LogP contribution in [0.25, 0.3) is 0 Å². The molecular weight excluding hydrogens is 372 g/mol. The normalized spacial score (nSPS) is 10.1. The number of carbonyl (C=O) groups is 2. The number of halogens is 2. The lowest BCUT2D eigenvalue weighted by molar-refractivity contribution is 0.0520. The van der Waals surface area contributed by atoms with Crippen LogP contribution in [-0.4, -0.2) is 18.5 Å². The summed E-state index contributed by atoms with van der Waals surface area (Å²) >= 11 is 9.12. The predicted molar refractivity (Wildman–Crippen MR) is 86.5 cm³/mol. The molecule has 114 valence electrons. The average molecular weight is 384 g/mol. The molecule has 0 unspecified atom stereocenters. The molecule has 0 radical (unpaired) electrons. The second-order valence-electron chi connectivity index (χ2n) is 4.26. The van der Waals surface area contributed by atoms with Crippen molar-refractivity contribution < 1.29 is 19.1 Å². The Morgan fingerprint density at radius 2 is 1.91 bits per heavy atom. The molecule has 0 spiro atoms.